The fraction of sp³-hybridized carbons (Fsp3) is 0.667. The maximum Gasteiger partial charge on any atom is 0.243 e. The summed E-state index contributed by atoms with van der Waals surface area (Å²) in [5.74, 6) is -1.30. The van der Waals surface area contributed by atoms with Crippen molar-refractivity contribution in [3.05, 3.63) is 12.1 Å². The zero-order valence-electron chi connectivity index (χ0n) is 19.1. The molecule has 9 nitrogen and oxygen atoms in total. The molecule has 0 aromatic carbocycles. The number of aromatic nitrogens is 1. The van der Waals surface area contributed by atoms with Crippen molar-refractivity contribution in [2.75, 3.05) is 7.05 Å². The number of hydrogen-bond donors (Lipinski definition) is 6. The van der Waals surface area contributed by atoms with Crippen molar-refractivity contribution in [3.63, 3.8) is 0 Å². The minimum Gasteiger partial charge on any atom is -0.494 e. The molecular formula is C21H36N4O5S. The van der Waals surface area contributed by atoms with E-state index in [1.807, 2.05) is 34.6 Å². The zero-order chi connectivity index (χ0) is 23.9. The van der Waals surface area contributed by atoms with Crippen LogP contribution < -0.4 is 16.0 Å². The van der Waals surface area contributed by atoms with E-state index >= 15 is 0 Å². The number of aromatic hydroxyl groups is 2. The summed E-state index contributed by atoms with van der Waals surface area (Å²) in [6.07, 6.45) is 0.617. The number of likely N-dealkylation sites (N-methyl/N-ethyl adjacent to an activating group) is 1. The fourth-order valence-corrected chi connectivity index (χ4v) is 3.28. The molecule has 1 aromatic rings. The normalized spacial score (nSPS) is 14.6. The Morgan fingerprint density at radius 3 is 2.03 bits per heavy atom. The number of carbonyl (C=O) groups excluding carboxylic acids is 3. The molecule has 1 rings (SSSR count). The topological polar surface area (TPSA) is 133 Å². The summed E-state index contributed by atoms with van der Waals surface area (Å²) in [5, 5.41) is 26.7. The van der Waals surface area contributed by atoms with Crippen LogP contribution in [0.25, 0.3) is 0 Å². The lowest BCUT2D eigenvalue weighted by atomic mass is 9.85. The second kappa shape index (κ2) is 11.3. The van der Waals surface area contributed by atoms with E-state index in [2.05, 4.69) is 28.6 Å². The van der Waals surface area contributed by atoms with E-state index in [1.165, 1.54) is 23.7 Å². The molecule has 0 radical (unpaired) electrons. The third-order valence-corrected chi connectivity index (χ3v) is 5.36. The molecule has 3 amide bonds. The number of amides is 3. The van der Waals surface area contributed by atoms with Crippen molar-refractivity contribution in [2.45, 2.75) is 71.3 Å². The molecule has 1 aromatic heterocycles. The lowest BCUT2D eigenvalue weighted by Gasteiger charge is -2.32. The molecule has 0 fully saturated rings. The van der Waals surface area contributed by atoms with Gasteiger partial charge in [0.25, 0.3) is 0 Å². The van der Waals surface area contributed by atoms with E-state index in [0.29, 0.717) is 6.42 Å². The molecule has 0 bridgehead atoms. The van der Waals surface area contributed by atoms with Crippen LogP contribution in [0.1, 0.15) is 47.5 Å². The lowest BCUT2D eigenvalue weighted by molar-refractivity contribution is -0.134. The first-order valence-corrected chi connectivity index (χ1v) is 10.9. The Balaban J connectivity index is 2.84. The number of carbonyl (C=O) groups is 3. The summed E-state index contributed by atoms with van der Waals surface area (Å²) in [5.41, 5.74) is -0.519. The molecule has 31 heavy (non-hydrogen) atoms. The minimum absolute atomic E-state index is 0.113. The molecule has 0 spiro atoms. The molecule has 0 saturated heterocycles. The SMILES string of the molecule is CNC(=O)C(NC(=O)[C@H](CC(C)C)NC(=O)[C@@H](S)CCn1c(O)ccc1O)C(C)(C)C. The van der Waals surface area contributed by atoms with Crippen LogP contribution in [0.4, 0.5) is 0 Å². The van der Waals surface area contributed by atoms with Crippen LogP contribution in [0.5, 0.6) is 11.8 Å². The predicted molar refractivity (Wildman–Crippen MR) is 122 cm³/mol. The molecular weight excluding hydrogens is 420 g/mol. The van der Waals surface area contributed by atoms with E-state index in [-0.39, 0.29) is 36.6 Å². The van der Waals surface area contributed by atoms with Gasteiger partial charge in [-0.3, -0.25) is 19.0 Å². The summed E-state index contributed by atoms with van der Waals surface area (Å²) < 4.78 is 1.26. The largest absolute Gasteiger partial charge is 0.494 e. The third-order valence-electron chi connectivity index (χ3n) is 4.86. The molecule has 3 atom stereocenters. The Morgan fingerprint density at radius 2 is 1.58 bits per heavy atom. The second-order valence-corrected chi connectivity index (χ2v) is 9.74. The molecule has 1 heterocycles. The minimum atomic E-state index is -0.829. The van der Waals surface area contributed by atoms with Crippen LogP contribution >= 0.6 is 12.6 Å². The van der Waals surface area contributed by atoms with Crippen molar-refractivity contribution >= 4 is 30.4 Å². The van der Waals surface area contributed by atoms with E-state index in [1.54, 1.807) is 0 Å². The Hall–Kier alpha value is -2.36. The Morgan fingerprint density at radius 1 is 1.03 bits per heavy atom. The quantitative estimate of drug-likeness (QED) is 0.296. The predicted octanol–water partition coefficient (Wildman–Crippen LogP) is 1.40. The fourth-order valence-electron chi connectivity index (χ4n) is 3.09. The monoisotopic (exact) mass is 456 g/mol. The highest BCUT2D eigenvalue weighted by Crippen LogP contribution is 2.22. The first kappa shape index (κ1) is 26.7. The Kier molecular flexibility index (Phi) is 9.73. The molecule has 5 N–H and O–H groups in total. The van der Waals surface area contributed by atoms with Crippen LogP contribution in [0.2, 0.25) is 0 Å². The van der Waals surface area contributed by atoms with E-state index in [0.717, 1.165) is 0 Å². The third kappa shape index (κ3) is 8.01. The number of rotatable bonds is 10. The number of thiol groups is 1. The average molecular weight is 457 g/mol. The molecule has 1 unspecified atom stereocenters. The highest BCUT2D eigenvalue weighted by atomic mass is 32.1. The van der Waals surface area contributed by atoms with Gasteiger partial charge in [-0.1, -0.05) is 34.6 Å². The van der Waals surface area contributed by atoms with Crippen molar-refractivity contribution in [1.82, 2.24) is 20.5 Å². The first-order valence-electron chi connectivity index (χ1n) is 10.4. The summed E-state index contributed by atoms with van der Waals surface area (Å²) in [4.78, 5) is 37.9. The average Bonchev–Trinajstić information content (AvgIpc) is 2.99. The van der Waals surface area contributed by atoms with E-state index < -0.39 is 34.6 Å². The maximum atomic E-state index is 12.9. The van der Waals surface area contributed by atoms with Crippen LogP contribution in [-0.2, 0) is 20.9 Å². The first-order chi connectivity index (χ1) is 14.3. The smallest absolute Gasteiger partial charge is 0.243 e. The van der Waals surface area contributed by atoms with Crippen LogP contribution in [0.15, 0.2) is 12.1 Å². The van der Waals surface area contributed by atoms with Crippen molar-refractivity contribution in [2.24, 2.45) is 11.3 Å². The van der Waals surface area contributed by atoms with Crippen LogP contribution in [0, 0.1) is 11.3 Å². The zero-order valence-corrected chi connectivity index (χ0v) is 20.0. The van der Waals surface area contributed by atoms with Gasteiger partial charge in [0.2, 0.25) is 17.7 Å². The summed E-state index contributed by atoms with van der Waals surface area (Å²) >= 11 is 4.32. The second-order valence-electron chi connectivity index (χ2n) is 9.12. The van der Waals surface area contributed by atoms with E-state index in [9.17, 15) is 24.6 Å². The van der Waals surface area contributed by atoms with Crippen LogP contribution in [-0.4, -0.2) is 56.9 Å². The summed E-state index contributed by atoms with van der Waals surface area (Å²) in [7, 11) is 1.51. The molecule has 176 valence electrons. The van der Waals surface area contributed by atoms with E-state index in [4.69, 9.17) is 0 Å². The van der Waals surface area contributed by atoms with Crippen molar-refractivity contribution in [3.8, 4) is 11.8 Å². The molecule has 0 aliphatic rings. The Labute approximate surface area is 189 Å². The van der Waals surface area contributed by atoms with Gasteiger partial charge in [0.15, 0.2) is 11.8 Å². The van der Waals surface area contributed by atoms with Gasteiger partial charge in [-0.15, -0.1) is 0 Å². The Bertz CT molecular complexity index is 753. The van der Waals surface area contributed by atoms with Crippen LogP contribution in [0.3, 0.4) is 0 Å². The number of nitrogens with zero attached hydrogens (tertiary/aromatic N) is 1. The summed E-state index contributed by atoms with van der Waals surface area (Å²) in [6, 6.07) is 1.11. The standard InChI is InChI=1S/C21H36N4O5S/c1-12(2)11-13(18(28)24-17(20(30)22-6)21(3,4)5)23-19(29)14(31)9-10-25-15(26)7-8-16(25)27/h7-8,12-14,17,26-27,31H,9-11H2,1-6H3,(H,22,30)(H,23,29)(H,24,28)/t13-,14-,17?/m0/s1. The highest BCUT2D eigenvalue weighted by Gasteiger charge is 2.34. The van der Waals surface area contributed by atoms with Gasteiger partial charge in [-0.25, -0.2) is 0 Å². The van der Waals surface area contributed by atoms with Gasteiger partial charge >= 0.3 is 0 Å². The lowest BCUT2D eigenvalue weighted by Crippen LogP contribution is -2.58. The maximum absolute atomic E-state index is 12.9. The number of hydrogen-bond acceptors (Lipinski definition) is 6. The van der Waals surface area contributed by atoms with Gasteiger partial charge in [0.1, 0.15) is 12.1 Å². The summed E-state index contributed by atoms with van der Waals surface area (Å²) in [6.45, 7) is 9.58. The van der Waals surface area contributed by atoms with Gasteiger partial charge in [-0.05, 0) is 24.2 Å². The van der Waals surface area contributed by atoms with Gasteiger partial charge < -0.3 is 26.2 Å². The number of nitrogens with one attached hydrogen (secondary N) is 3. The molecule has 0 aliphatic heterocycles. The highest BCUT2D eigenvalue weighted by molar-refractivity contribution is 7.81. The molecule has 0 saturated carbocycles. The van der Waals surface area contributed by atoms with Gasteiger partial charge in [0.05, 0.1) is 5.25 Å². The molecule has 0 aliphatic carbocycles. The van der Waals surface area contributed by atoms with Crippen molar-refractivity contribution in [1.29, 1.82) is 0 Å². The van der Waals surface area contributed by atoms with Gasteiger partial charge in [-0.2, -0.15) is 12.6 Å². The van der Waals surface area contributed by atoms with Gasteiger partial charge in [0, 0.05) is 25.7 Å². The molecule has 10 heteroatoms. The van der Waals surface area contributed by atoms with Crippen molar-refractivity contribution < 1.29 is 24.6 Å².